The summed E-state index contributed by atoms with van der Waals surface area (Å²) in [7, 11) is 0. The first-order chi connectivity index (χ1) is 27.0. The molecule has 3 aromatic heterocycles. The third-order valence-electron chi connectivity index (χ3n) is 11.0. The van der Waals surface area contributed by atoms with E-state index in [0.717, 1.165) is 65.8 Å². The van der Waals surface area contributed by atoms with Crippen LogP contribution in [0.5, 0.6) is 0 Å². The number of thiazole rings is 1. The van der Waals surface area contributed by atoms with Gasteiger partial charge in [-0.15, -0.1) is 11.3 Å². The zero-order valence-electron chi connectivity index (χ0n) is 30.1. The predicted molar refractivity (Wildman–Crippen MR) is 225 cm³/mol. The van der Waals surface area contributed by atoms with Crippen LogP contribution in [0.4, 0.5) is 0 Å². The zero-order valence-corrected chi connectivity index (χ0v) is 30.9. The minimum Gasteiger partial charge on any atom is -0.455 e. The van der Waals surface area contributed by atoms with E-state index in [-0.39, 0.29) is 5.41 Å². The minimum atomic E-state index is -0.238. The van der Waals surface area contributed by atoms with Crippen LogP contribution >= 0.6 is 11.3 Å². The molecule has 260 valence electrons. The smallest absolute Gasteiger partial charge is 0.167 e. The molecule has 0 saturated carbocycles. The van der Waals surface area contributed by atoms with Gasteiger partial charge in [0.05, 0.1) is 15.8 Å². The maximum absolute atomic E-state index is 6.47. The molecule has 7 aromatic carbocycles. The van der Waals surface area contributed by atoms with Crippen LogP contribution in [0.1, 0.15) is 25.0 Å². The van der Waals surface area contributed by atoms with E-state index < -0.39 is 0 Å². The van der Waals surface area contributed by atoms with E-state index in [0.29, 0.717) is 17.5 Å². The fourth-order valence-electron chi connectivity index (χ4n) is 8.12. The molecule has 0 N–H and O–H groups in total. The van der Waals surface area contributed by atoms with Crippen molar-refractivity contribution in [2.24, 2.45) is 0 Å². The van der Waals surface area contributed by atoms with Gasteiger partial charge in [0.2, 0.25) is 0 Å². The molecule has 0 unspecified atom stereocenters. The van der Waals surface area contributed by atoms with Crippen molar-refractivity contribution in [3.8, 4) is 67.0 Å². The third-order valence-corrected chi connectivity index (χ3v) is 12.1. The number of hydrogen-bond donors (Lipinski definition) is 0. The van der Waals surface area contributed by atoms with E-state index in [1.54, 1.807) is 11.3 Å². The number of hydrogen-bond acceptors (Lipinski definition) is 6. The number of para-hydroxylation sites is 2. The molecule has 0 radical (unpaired) electrons. The molecule has 5 nitrogen and oxygen atoms in total. The number of aromatic nitrogens is 4. The van der Waals surface area contributed by atoms with Gasteiger partial charge in [-0.1, -0.05) is 141 Å². The normalized spacial score (nSPS) is 13.1. The van der Waals surface area contributed by atoms with Crippen LogP contribution in [0.25, 0.3) is 99.1 Å². The molecule has 0 fully saturated rings. The number of nitrogens with zero attached hydrogens (tertiary/aromatic N) is 4. The number of benzene rings is 7. The van der Waals surface area contributed by atoms with E-state index in [2.05, 4.69) is 135 Å². The molecule has 3 heterocycles. The fourth-order valence-corrected chi connectivity index (χ4v) is 9.11. The van der Waals surface area contributed by atoms with Crippen LogP contribution in [0, 0.1) is 0 Å². The van der Waals surface area contributed by atoms with Crippen LogP contribution < -0.4 is 0 Å². The molecule has 0 spiro atoms. The van der Waals surface area contributed by atoms with E-state index in [9.17, 15) is 0 Å². The Labute approximate surface area is 321 Å². The van der Waals surface area contributed by atoms with Crippen molar-refractivity contribution < 1.29 is 4.42 Å². The van der Waals surface area contributed by atoms with Crippen molar-refractivity contribution in [3.05, 3.63) is 169 Å². The monoisotopic (exact) mass is 724 g/mol. The Balaban J connectivity index is 1.06. The molecule has 1 aliphatic rings. The largest absolute Gasteiger partial charge is 0.455 e. The quantitative estimate of drug-likeness (QED) is 0.177. The summed E-state index contributed by atoms with van der Waals surface area (Å²) >= 11 is 1.75. The molecule has 11 rings (SSSR count). The molecule has 0 atom stereocenters. The lowest BCUT2D eigenvalue weighted by Gasteiger charge is -2.22. The van der Waals surface area contributed by atoms with Gasteiger partial charge in [-0.3, -0.25) is 0 Å². The van der Waals surface area contributed by atoms with Crippen molar-refractivity contribution in [1.29, 1.82) is 0 Å². The number of furan rings is 1. The second kappa shape index (κ2) is 12.1. The molecule has 55 heavy (non-hydrogen) atoms. The molecule has 0 saturated heterocycles. The summed E-state index contributed by atoms with van der Waals surface area (Å²) in [5.74, 6) is 1.79. The van der Waals surface area contributed by atoms with Gasteiger partial charge in [-0.05, 0) is 63.7 Å². The van der Waals surface area contributed by atoms with E-state index in [4.69, 9.17) is 24.4 Å². The molecule has 0 amide bonds. The lowest BCUT2D eigenvalue weighted by Crippen LogP contribution is -2.15. The van der Waals surface area contributed by atoms with Crippen molar-refractivity contribution in [2.75, 3.05) is 0 Å². The molecule has 0 bridgehead atoms. The summed E-state index contributed by atoms with van der Waals surface area (Å²) in [5.41, 5.74) is 13.5. The Bertz CT molecular complexity index is 3110. The minimum absolute atomic E-state index is 0.238. The molecular weight excluding hydrogens is 693 g/mol. The van der Waals surface area contributed by atoms with Crippen LogP contribution in [0.15, 0.2) is 162 Å². The van der Waals surface area contributed by atoms with Crippen LogP contribution in [-0.4, -0.2) is 19.9 Å². The SMILES string of the molecule is CC1(C)c2cc(-c3nc(-c4ccc(-c5ccccc5)cc4)nc(-c4cccc5c4oc4ccccc45)n3)ccc2-c2cc3nc(-c4ccccc4)sc3cc21. The van der Waals surface area contributed by atoms with Crippen molar-refractivity contribution in [1.82, 2.24) is 19.9 Å². The second-order valence-electron chi connectivity index (χ2n) is 14.7. The van der Waals surface area contributed by atoms with Gasteiger partial charge in [0.1, 0.15) is 16.2 Å². The van der Waals surface area contributed by atoms with Crippen molar-refractivity contribution in [2.45, 2.75) is 19.3 Å². The Kier molecular flexibility index (Phi) is 7.00. The van der Waals surface area contributed by atoms with E-state index in [1.165, 1.54) is 27.0 Å². The van der Waals surface area contributed by atoms with Gasteiger partial charge >= 0.3 is 0 Å². The van der Waals surface area contributed by atoms with Crippen molar-refractivity contribution in [3.63, 3.8) is 0 Å². The third kappa shape index (κ3) is 5.13. The van der Waals surface area contributed by atoms with Gasteiger partial charge in [0, 0.05) is 32.9 Å². The topological polar surface area (TPSA) is 64.7 Å². The van der Waals surface area contributed by atoms with Crippen molar-refractivity contribution >= 4 is 43.5 Å². The highest BCUT2D eigenvalue weighted by Crippen LogP contribution is 2.51. The highest BCUT2D eigenvalue weighted by Gasteiger charge is 2.36. The maximum atomic E-state index is 6.47. The molecule has 1 aliphatic carbocycles. The summed E-state index contributed by atoms with van der Waals surface area (Å²) in [4.78, 5) is 20.5. The Hall–Kier alpha value is -6.76. The number of rotatable bonds is 5. The van der Waals surface area contributed by atoms with E-state index in [1.807, 2.05) is 36.4 Å². The first-order valence-electron chi connectivity index (χ1n) is 18.5. The Morgan fingerprint density at radius 1 is 0.455 bits per heavy atom. The molecule has 6 heteroatoms. The predicted octanol–water partition coefficient (Wildman–Crippen LogP) is 13.0. The Morgan fingerprint density at radius 3 is 1.87 bits per heavy atom. The first-order valence-corrected chi connectivity index (χ1v) is 19.3. The first kappa shape index (κ1) is 31.7. The molecular formula is C49H32N4OS. The van der Waals surface area contributed by atoms with Gasteiger partial charge in [0.15, 0.2) is 17.5 Å². The molecule has 0 aliphatic heterocycles. The average molecular weight is 725 g/mol. The highest BCUT2D eigenvalue weighted by atomic mass is 32.1. The van der Waals surface area contributed by atoms with Gasteiger partial charge in [0.25, 0.3) is 0 Å². The summed E-state index contributed by atoms with van der Waals surface area (Å²) in [6.45, 7) is 4.63. The van der Waals surface area contributed by atoms with E-state index >= 15 is 0 Å². The van der Waals surface area contributed by atoms with Crippen LogP contribution in [-0.2, 0) is 5.41 Å². The maximum Gasteiger partial charge on any atom is 0.167 e. The lowest BCUT2D eigenvalue weighted by atomic mass is 9.82. The van der Waals surface area contributed by atoms with Gasteiger partial charge in [-0.25, -0.2) is 19.9 Å². The summed E-state index contributed by atoms with van der Waals surface area (Å²) in [6, 6.07) is 54.9. The molecule has 10 aromatic rings. The second-order valence-corrected chi connectivity index (χ2v) is 15.7. The van der Waals surface area contributed by atoms with Crippen LogP contribution in [0.3, 0.4) is 0 Å². The number of fused-ring (bicyclic) bond motifs is 7. The van der Waals surface area contributed by atoms with Crippen LogP contribution in [0.2, 0.25) is 0 Å². The summed E-state index contributed by atoms with van der Waals surface area (Å²) in [5, 5.41) is 3.14. The zero-order chi connectivity index (χ0) is 36.7. The lowest BCUT2D eigenvalue weighted by molar-refractivity contribution is 0.661. The Morgan fingerprint density at radius 2 is 1.07 bits per heavy atom. The highest BCUT2D eigenvalue weighted by molar-refractivity contribution is 7.21. The summed E-state index contributed by atoms with van der Waals surface area (Å²) in [6.07, 6.45) is 0. The fraction of sp³-hybridized carbons (Fsp3) is 0.0612. The standard InChI is InChI=1S/C49H32N4OS/c1-49(2)39-26-33(24-25-34(39)38-27-41-43(28-40(38)49)55-48(50-41)32-14-7-4-8-15-32)46-51-45(31-22-20-30(21-23-31)29-12-5-3-6-13-29)52-47(53-46)37-18-11-17-36-35-16-9-10-19-42(35)54-44(36)37/h3-28H,1-2H3. The van der Waals surface area contributed by atoms with Gasteiger partial charge < -0.3 is 4.42 Å². The summed E-state index contributed by atoms with van der Waals surface area (Å²) < 4.78 is 7.67. The van der Waals surface area contributed by atoms with Gasteiger partial charge in [-0.2, -0.15) is 0 Å². The average Bonchev–Trinajstić information content (AvgIpc) is 3.90.